The fourth-order valence-electron chi connectivity index (χ4n) is 1.42. The first kappa shape index (κ1) is 6.61. The van der Waals surface area contributed by atoms with E-state index in [0.717, 1.165) is 10.6 Å². The van der Waals surface area contributed by atoms with E-state index in [0.29, 0.717) is 5.69 Å². The van der Waals surface area contributed by atoms with Crippen LogP contribution in [-0.2, 0) is 11.3 Å². The van der Waals surface area contributed by atoms with E-state index in [1.807, 2.05) is 0 Å². The van der Waals surface area contributed by atoms with Gasteiger partial charge in [0.2, 0.25) is 0 Å². The van der Waals surface area contributed by atoms with Crippen molar-refractivity contribution in [2.75, 3.05) is 7.04 Å². The van der Waals surface area contributed by atoms with Crippen LogP contribution >= 0.6 is 0 Å². The van der Waals surface area contributed by atoms with Crippen LogP contribution in [0.2, 0.25) is 0 Å². The van der Waals surface area contributed by atoms with Gasteiger partial charge >= 0.3 is 0 Å². The average molecular weight is 236 g/mol. The smallest absolute Gasteiger partial charge is 0.255 e. The minimum Gasteiger partial charge on any atom is -0.508 e. The van der Waals surface area contributed by atoms with Gasteiger partial charge in [-0.1, -0.05) is 0 Å². The number of pyridine rings is 1. The van der Waals surface area contributed by atoms with Gasteiger partial charge in [-0.3, -0.25) is 9.36 Å². The number of benzene rings is 1. The van der Waals surface area contributed by atoms with Crippen LogP contribution < -0.4 is 5.56 Å². The molecule has 0 saturated carbocycles. The second-order valence-corrected chi connectivity index (χ2v) is 3.35. The van der Waals surface area contributed by atoms with Crippen molar-refractivity contribution in [2.24, 2.45) is 0 Å². The van der Waals surface area contributed by atoms with Gasteiger partial charge in [-0.2, -0.15) is 0 Å². The summed E-state index contributed by atoms with van der Waals surface area (Å²) in [6, 6.07) is 7.99. The van der Waals surface area contributed by atoms with Gasteiger partial charge in [0, 0.05) is 25.0 Å². The molecular formula is C13H13NO3. The average Bonchev–Trinajstić information content (AvgIpc) is 2.37. The highest BCUT2D eigenvalue weighted by molar-refractivity contribution is 5.37. The minimum absolute atomic E-state index is 0.0222. The Morgan fingerprint density at radius 1 is 1.35 bits per heavy atom. The number of ether oxygens (including phenoxy) is 1. The zero-order chi connectivity index (χ0) is 16.5. The van der Waals surface area contributed by atoms with E-state index >= 15 is 0 Å². The molecule has 0 saturated heterocycles. The third-order valence-corrected chi connectivity index (χ3v) is 2.21. The lowest BCUT2D eigenvalue weighted by Gasteiger charge is -2.07. The van der Waals surface area contributed by atoms with Crippen molar-refractivity contribution in [1.29, 1.82) is 0 Å². The molecule has 0 spiro atoms. The molecule has 0 aliphatic carbocycles. The maximum Gasteiger partial charge on any atom is 0.255 e. The summed E-state index contributed by atoms with van der Waals surface area (Å²) in [5, 5.41) is 9.25. The number of nitrogens with zero attached hydrogens (tertiary/aromatic N) is 1. The van der Waals surface area contributed by atoms with Gasteiger partial charge in [-0.05, 0) is 35.9 Å². The fraction of sp³-hybridized carbons (Fsp3) is 0.154. The van der Waals surface area contributed by atoms with Crippen molar-refractivity contribution < 1.29 is 16.7 Å². The molecule has 0 radical (unpaired) electrons. The summed E-state index contributed by atoms with van der Waals surface area (Å²) in [5.74, 6) is 0.0222. The molecule has 0 unspecified atom stereocenters. The summed E-state index contributed by atoms with van der Waals surface area (Å²) < 4.78 is 42.0. The molecule has 1 aromatic carbocycles. The SMILES string of the molecule is [2H]C([2H])([2H])OC([2H])([2H])c1ccc(=O)n(-c2ccc(O)cc2)c1. The van der Waals surface area contributed by atoms with Crippen molar-refractivity contribution in [3.63, 3.8) is 0 Å². The number of methoxy groups -OCH3 is 1. The van der Waals surface area contributed by atoms with E-state index in [4.69, 9.17) is 6.85 Å². The van der Waals surface area contributed by atoms with Gasteiger partial charge < -0.3 is 9.84 Å². The van der Waals surface area contributed by atoms with Gasteiger partial charge in [-0.15, -0.1) is 0 Å². The molecule has 88 valence electrons. The van der Waals surface area contributed by atoms with Crippen molar-refractivity contribution >= 4 is 0 Å². The third-order valence-electron chi connectivity index (χ3n) is 2.21. The highest BCUT2D eigenvalue weighted by Gasteiger charge is 2.01. The second kappa shape index (κ2) is 4.84. The van der Waals surface area contributed by atoms with Gasteiger partial charge in [0.15, 0.2) is 0 Å². The predicted octanol–water partition coefficient (Wildman–Crippen LogP) is 1.69. The van der Waals surface area contributed by atoms with E-state index in [1.165, 1.54) is 36.5 Å². The van der Waals surface area contributed by atoms with Gasteiger partial charge in [0.1, 0.15) is 5.75 Å². The Bertz CT molecular complexity index is 722. The predicted molar refractivity (Wildman–Crippen MR) is 64.4 cm³/mol. The van der Waals surface area contributed by atoms with E-state index in [2.05, 4.69) is 4.74 Å². The molecule has 1 heterocycles. The first-order valence-corrected chi connectivity index (χ1v) is 4.81. The van der Waals surface area contributed by atoms with Gasteiger partial charge in [-0.25, -0.2) is 0 Å². The molecule has 1 aromatic heterocycles. The van der Waals surface area contributed by atoms with Gasteiger partial charge in [0.25, 0.3) is 5.56 Å². The van der Waals surface area contributed by atoms with E-state index in [1.54, 1.807) is 0 Å². The van der Waals surface area contributed by atoms with E-state index in [9.17, 15) is 9.90 Å². The molecule has 2 aromatic rings. The maximum atomic E-state index is 11.9. The van der Waals surface area contributed by atoms with E-state index in [-0.39, 0.29) is 11.3 Å². The molecule has 2 rings (SSSR count). The van der Waals surface area contributed by atoms with Crippen LogP contribution in [0.4, 0.5) is 0 Å². The standard InChI is InChI=1S/C13H13NO3/c1-17-9-10-2-7-13(16)14(8-10)11-3-5-12(15)6-4-11/h2-8,15H,9H2,1H3/i1D3,9D2. The van der Waals surface area contributed by atoms with Crippen LogP contribution in [0.15, 0.2) is 47.4 Å². The Morgan fingerprint density at radius 2 is 2.12 bits per heavy atom. The highest BCUT2D eigenvalue weighted by atomic mass is 16.5. The number of aromatic hydroxyl groups is 1. The van der Waals surface area contributed by atoms with Crippen molar-refractivity contribution in [2.45, 2.75) is 6.56 Å². The number of hydrogen-bond donors (Lipinski definition) is 1. The lowest BCUT2D eigenvalue weighted by molar-refractivity contribution is 0.184. The summed E-state index contributed by atoms with van der Waals surface area (Å²) >= 11 is 0. The molecule has 4 nitrogen and oxygen atoms in total. The van der Waals surface area contributed by atoms with Crippen molar-refractivity contribution in [3.8, 4) is 11.4 Å². The van der Waals surface area contributed by atoms with Crippen LogP contribution in [0.5, 0.6) is 5.75 Å². The Kier molecular flexibility index (Phi) is 1.88. The summed E-state index contributed by atoms with van der Waals surface area (Å²) in [4.78, 5) is 11.9. The topological polar surface area (TPSA) is 51.5 Å². The number of phenolic OH excluding ortho intramolecular Hbond substituents is 1. The van der Waals surface area contributed by atoms with Crippen LogP contribution in [-0.4, -0.2) is 16.7 Å². The molecule has 0 fully saturated rings. The Balaban J connectivity index is 2.47. The molecular weight excluding hydrogens is 218 g/mol. The third kappa shape index (κ3) is 2.54. The molecule has 0 amide bonds. The van der Waals surface area contributed by atoms with Crippen LogP contribution in [0.25, 0.3) is 5.69 Å². The van der Waals surface area contributed by atoms with Crippen LogP contribution in [0.1, 0.15) is 12.4 Å². The Morgan fingerprint density at radius 3 is 2.82 bits per heavy atom. The van der Waals surface area contributed by atoms with Crippen LogP contribution in [0, 0.1) is 0 Å². The summed E-state index contributed by atoms with van der Waals surface area (Å²) in [7, 11) is -2.91. The number of phenols is 1. The molecule has 0 bridgehead atoms. The quantitative estimate of drug-likeness (QED) is 0.882. The highest BCUT2D eigenvalue weighted by Crippen LogP contribution is 2.12. The zero-order valence-electron chi connectivity index (χ0n) is 13.8. The summed E-state index contributed by atoms with van der Waals surface area (Å²) in [6.07, 6.45) is 1.17. The molecule has 0 aliphatic rings. The van der Waals surface area contributed by atoms with E-state index < -0.39 is 19.2 Å². The molecule has 17 heavy (non-hydrogen) atoms. The molecule has 0 atom stereocenters. The minimum atomic E-state index is -2.91. The number of rotatable bonds is 3. The lowest BCUT2D eigenvalue weighted by atomic mass is 10.2. The Labute approximate surface area is 106 Å². The van der Waals surface area contributed by atoms with Crippen molar-refractivity contribution in [1.82, 2.24) is 4.57 Å². The van der Waals surface area contributed by atoms with Crippen molar-refractivity contribution in [3.05, 3.63) is 58.5 Å². The fourth-order valence-corrected chi connectivity index (χ4v) is 1.42. The second-order valence-electron chi connectivity index (χ2n) is 3.35. The maximum absolute atomic E-state index is 11.9. The first-order chi connectivity index (χ1) is 10.1. The van der Waals surface area contributed by atoms with Crippen LogP contribution in [0.3, 0.4) is 0 Å². The number of hydrogen-bond acceptors (Lipinski definition) is 3. The molecule has 1 N–H and O–H groups in total. The summed E-state index contributed by atoms with van der Waals surface area (Å²) in [6.45, 7) is -2.59. The molecule has 0 aliphatic heterocycles. The lowest BCUT2D eigenvalue weighted by Crippen LogP contribution is -2.17. The number of aromatic nitrogens is 1. The van der Waals surface area contributed by atoms with Gasteiger partial charge in [0.05, 0.1) is 13.4 Å². The monoisotopic (exact) mass is 236 g/mol. The normalized spacial score (nSPS) is 16.4. The first-order valence-electron chi connectivity index (χ1n) is 7.31. The zero-order valence-corrected chi connectivity index (χ0v) is 8.75. The largest absolute Gasteiger partial charge is 0.508 e. The Hall–Kier alpha value is -2.07. The molecule has 4 heteroatoms. The summed E-state index contributed by atoms with van der Waals surface area (Å²) in [5.41, 5.74) is -0.148.